The number of rotatable bonds is 7. The summed E-state index contributed by atoms with van der Waals surface area (Å²) in [7, 11) is 5.16. The van der Waals surface area contributed by atoms with Gasteiger partial charge in [0.1, 0.15) is 0 Å². The van der Waals surface area contributed by atoms with Crippen LogP contribution in [0.5, 0.6) is 11.5 Å². The minimum absolute atomic E-state index is 0.169. The van der Waals surface area contributed by atoms with Crippen molar-refractivity contribution in [3.8, 4) is 11.5 Å². The number of ether oxygens (including phenoxy) is 4. The van der Waals surface area contributed by atoms with E-state index in [0.717, 1.165) is 63.6 Å². The number of nitrogens with zero attached hydrogens (tertiary/aromatic N) is 1. The van der Waals surface area contributed by atoms with E-state index in [2.05, 4.69) is 17.0 Å². The van der Waals surface area contributed by atoms with Crippen LogP contribution < -0.4 is 9.47 Å². The van der Waals surface area contributed by atoms with Gasteiger partial charge in [-0.05, 0) is 43.4 Å². The zero-order valence-electron chi connectivity index (χ0n) is 15.8. The van der Waals surface area contributed by atoms with Gasteiger partial charge >= 0.3 is 0 Å². The number of piperidine rings is 1. The molecule has 5 heteroatoms. The first-order valence-electron chi connectivity index (χ1n) is 9.24. The van der Waals surface area contributed by atoms with Crippen molar-refractivity contribution < 1.29 is 18.9 Å². The molecule has 2 aliphatic heterocycles. The average Bonchev–Trinajstić information content (AvgIpc) is 2.65. The minimum atomic E-state index is 0.169. The summed E-state index contributed by atoms with van der Waals surface area (Å²) in [5.41, 5.74) is 1.45. The Morgan fingerprint density at radius 2 is 2.04 bits per heavy atom. The maximum Gasteiger partial charge on any atom is 0.160 e. The predicted molar refractivity (Wildman–Crippen MR) is 97.6 cm³/mol. The van der Waals surface area contributed by atoms with Crippen molar-refractivity contribution in [2.75, 3.05) is 54.2 Å². The van der Waals surface area contributed by atoms with Crippen LogP contribution in [0.3, 0.4) is 0 Å². The predicted octanol–water partition coefficient (Wildman–Crippen LogP) is 2.76. The highest BCUT2D eigenvalue weighted by atomic mass is 16.5. The fraction of sp³-hybridized carbons (Fsp3) is 0.700. The molecule has 2 atom stereocenters. The summed E-state index contributed by atoms with van der Waals surface area (Å²) in [5.74, 6) is 1.58. The molecule has 140 valence electrons. The van der Waals surface area contributed by atoms with Crippen molar-refractivity contribution in [2.24, 2.45) is 5.41 Å². The Balaban J connectivity index is 1.62. The third-order valence-corrected chi connectivity index (χ3v) is 5.66. The maximum absolute atomic E-state index is 6.07. The molecule has 5 nitrogen and oxygen atoms in total. The Kier molecular flexibility index (Phi) is 6.20. The van der Waals surface area contributed by atoms with Gasteiger partial charge in [-0.15, -0.1) is 0 Å². The summed E-state index contributed by atoms with van der Waals surface area (Å²) in [5, 5.41) is 0. The highest BCUT2D eigenvalue weighted by Crippen LogP contribution is 2.40. The van der Waals surface area contributed by atoms with E-state index in [-0.39, 0.29) is 5.41 Å². The maximum atomic E-state index is 6.07. The molecule has 0 aromatic heterocycles. The molecule has 2 heterocycles. The number of methoxy groups -OCH3 is 3. The molecule has 2 saturated heterocycles. The van der Waals surface area contributed by atoms with Gasteiger partial charge in [-0.2, -0.15) is 0 Å². The van der Waals surface area contributed by atoms with Crippen LogP contribution in [-0.2, 0) is 15.9 Å². The normalized spacial score (nSPS) is 26.9. The first-order chi connectivity index (χ1) is 12.2. The molecule has 2 aliphatic rings. The van der Waals surface area contributed by atoms with Gasteiger partial charge in [0.15, 0.2) is 11.5 Å². The van der Waals surface area contributed by atoms with Gasteiger partial charge in [0.25, 0.3) is 0 Å². The monoisotopic (exact) mass is 349 g/mol. The topological polar surface area (TPSA) is 40.2 Å². The minimum Gasteiger partial charge on any atom is -0.493 e. The summed E-state index contributed by atoms with van der Waals surface area (Å²) in [6.07, 6.45) is 4.82. The van der Waals surface area contributed by atoms with Crippen molar-refractivity contribution in [2.45, 2.75) is 31.8 Å². The smallest absolute Gasteiger partial charge is 0.160 e. The third kappa shape index (κ3) is 4.10. The summed E-state index contributed by atoms with van der Waals surface area (Å²) in [6, 6.07) is 6.20. The fourth-order valence-electron chi connectivity index (χ4n) is 4.39. The molecule has 0 aliphatic carbocycles. The lowest BCUT2D eigenvalue weighted by atomic mass is 9.73. The Hall–Kier alpha value is -1.30. The van der Waals surface area contributed by atoms with Gasteiger partial charge in [-0.3, -0.25) is 0 Å². The molecular formula is C20H31NO4. The number of benzene rings is 1. The molecule has 0 saturated carbocycles. The van der Waals surface area contributed by atoms with Gasteiger partial charge in [0.2, 0.25) is 0 Å². The van der Waals surface area contributed by atoms with Crippen LogP contribution in [0.2, 0.25) is 0 Å². The summed E-state index contributed by atoms with van der Waals surface area (Å²) < 4.78 is 22.4. The molecule has 1 aromatic rings. The molecule has 0 N–H and O–H groups in total. The van der Waals surface area contributed by atoms with Gasteiger partial charge in [-0.1, -0.05) is 6.07 Å². The first kappa shape index (κ1) is 18.5. The van der Waals surface area contributed by atoms with Crippen molar-refractivity contribution in [3.05, 3.63) is 23.8 Å². The Bertz CT molecular complexity index is 561. The molecule has 25 heavy (non-hydrogen) atoms. The van der Waals surface area contributed by atoms with E-state index in [4.69, 9.17) is 18.9 Å². The van der Waals surface area contributed by atoms with Crippen molar-refractivity contribution >= 4 is 0 Å². The highest BCUT2D eigenvalue weighted by Gasteiger charge is 2.45. The van der Waals surface area contributed by atoms with Gasteiger partial charge < -0.3 is 23.8 Å². The van der Waals surface area contributed by atoms with Crippen LogP contribution in [-0.4, -0.2) is 65.2 Å². The van der Waals surface area contributed by atoms with Crippen LogP contribution in [0.15, 0.2) is 18.2 Å². The van der Waals surface area contributed by atoms with E-state index in [1.807, 2.05) is 13.2 Å². The molecule has 2 fully saturated rings. The largest absolute Gasteiger partial charge is 0.493 e. The van der Waals surface area contributed by atoms with E-state index in [0.29, 0.717) is 6.10 Å². The molecule has 3 rings (SSSR count). The number of fused-ring (bicyclic) bond motifs is 1. The lowest BCUT2D eigenvalue weighted by molar-refractivity contribution is -0.148. The molecule has 0 radical (unpaired) electrons. The van der Waals surface area contributed by atoms with Crippen molar-refractivity contribution in [1.29, 1.82) is 0 Å². The summed E-state index contributed by atoms with van der Waals surface area (Å²) >= 11 is 0. The van der Waals surface area contributed by atoms with E-state index in [9.17, 15) is 0 Å². The van der Waals surface area contributed by atoms with Crippen LogP contribution in [0.1, 0.15) is 24.8 Å². The first-order valence-corrected chi connectivity index (χ1v) is 9.24. The second-order valence-electron chi connectivity index (χ2n) is 7.26. The van der Waals surface area contributed by atoms with E-state index < -0.39 is 0 Å². The summed E-state index contributed by atoms with van der Waals surface area (Å²) in [4.78, 5) is 2.57. The standard InChI is InChI=1S/C20H31NO4/c1-22-15-20-9-4-12-25-19(20)8-11-21(14-20)10-7-16-5-6-17(23-2)18(13-16)24-3/h5-6,13,19H,4,7-12,14-15H2,1-3H3/t19-,20-/m0/s1. The fourth-order valence-corrected chi connectivity index (χ4v) is 4.39. The number of hydrogen-bond acceptors (Lipinski definition) is 5. The van der Waals surface area contributed by atoms with Crippen molar-refractivity contribution in [1.82, 2.24) is 4.90 Å². The molecular weight excluding hydrogens is 318 g/mol. The van der Waals surface area contributed by atoms with Crippen LogP contribution in [0.4, 0.5) is 0 Å². The molecule has 1 aromatic carbocycles. The number of hydrogen-bond donors (Lipinski definition) is 0. The van der Waals surface area contributed by atoms with E-state index in [1.165, 1.54) is 12.0 Å². The summed E-state index contributed by atoms with van der Waals surface area (Å²) in [6.45, 7) is 4.92. The third-order valence-electron chi connectivity index (χ3n) is 5.66. The number of likely N-dealkylation sites (tertiary alicyclic amines) is 1. The average molecular weight is 349 g/mol. The Morgan fingerprint density at radius 1 is 1.20 bits per heavy atom. The Labute approximate surface area is 151 Å². The highest BCUT2D eigenvalue weighted by molar-refractivity contribution is 5.42. The Morgan fingerprint density at radius 3 is 2.80 bits per heavy atom. The van der Waals surface area contributed by atoms with Crippen LogP contribution >= 0.6 is 0 Å². The lowest BCUT2D eigenvalue weighted by Crippen LogP contribution is -2.57. The second kappa shape index (κ2) is 8.39. The molecule has 0 amide bonds. The molecule has 0 unspecified atom stereocenters. The zero-order valence-corrected chi connectivity index (χ0v) is 15.8. The van der Waals surface area contributed by atoms with E-state index >= 15 is 0 Å². The second-order valence-corrected chi connectivity index (χ2v) is 7.26. The SMILES string of the molecule is COC[C@@]12CCCO[C@H]1CCN(CCc1ccc(OC)c(OC)c1)C2. The van der Waals surface area contributed by atoms with Crippen molar-refractivity contribution in [3.63, 3.8) is 0 Å². The zero-order chi connectivity index (χ0) is 17.7. The van der Waals surface area contributed by atoms with Gasteiger partial charge in [0, 0.05) is 38.8 Å². The molecule has 0 spiro atoms. The molecule has 0 bridgehead atoms. The van der Waals surface area contributed by atoms with E-state index in [1.54, 1.807) is 14.2 Å². The van der Waals surface area contributed by atoms with Gasteiger partial charge in [-0.25, -0.2) is 0 Å². The van der Waals surface area contributed by atoms with Gasteiger partial charge in [0.05, 0.1) is 26.9 Å². The lowest BCUT2D eigenvalue weighted by Gasteiger charge is -2.50. The van der Waals surface area contributed by atoms with Crippen LogP contribution in [0.25, 0.3) is 0 Å². The van der Waals surface area contributed by atoms with Crippen LogP contribution in [0, 0.1) is 5.41 Å². The quantitative estimate of drug-likeness (QED) is 0.757.